The first-order valence-electron chi connectivity index (χ1n) is 6.05. The molecule has 2 N–H and O–H groups in total. The average molecular weight is 240 g/mol. The smallest absolute Gasteiger partial charge is 0.160 e. The van der Waals surface area contributed by atoms with Gasteiger partial charge < -0.3 is 10.6 Å². The number of hydrogen-bond acceptors (Lipinski definition) is 2. The molecule has 1 heterocycles. The molecule has 2 nitrogen and oxygen atoms in total. The van der Waals surface area contributed by atoms with Crippen molar-refractivity contribution in [3.8, 4) is 0 Å². The first-order valence-corrected chi connectivity index (χ1v) is 6.05. The van der Waals surface area contributed by atoms with Crippen LogP contribution in [-0.4, -0.2) is 19.1 Å². The third kappa shape index (κ3) is 2.75. The van der Waals surface area contributed by atoms with Gasteiger partial charge in [-0.2, -0.15) is 0 Å². The van der Waals surface area contributed by atoms with E-state index >= 15 is 0 Å². The van der Waals surface area contributed by atoms with Crippen LogP contribution in [0.5, 0.6) is 0 Å². The van der Waals surface area contributed by atoms with Gasteiger partial charge in [-0.15, -0.1) is 0 Å². The number of nitrogens with zero attached hydrogens (tertiary/aromatic N) is 1. The van der Waals surface area contributed by atoms with Gasteiger partial charge in [0.15, 0.2) is 11.6 Å². The Hall–Kier alpha value is -1.16. The fraction of sp³-hybridized carbons (Fsp3) is 0.538. The highest BCUT2D eigenvalue weighted by atomic mass is 19.2. The molecule has 94 valence electrons. The van der Waals surface area contributed by atoms with Crippen LogP contribution in [0.1, 0.15) is 19.8 Å². The van der Waals surface area contributed by atoms with E-state index < -0.39 is 11.6 Å². The minimum absolute atomic E-state index is 0.113. The van der Waals surface area contributed by atoms with Gasteiger partial charge in [0, 0.05) is 30.9 Å². The van der Waals surface area contributed by atoms with E-state index in [9.17, 15) is 8.78 Å². The Morgan fingerprint density at radius 2 is 2.06 bits per heavy atom. The van der Waals surface area contributed by atoms with Crippen molar-refractivity contribution in [3.05, 3.63) is 29.8 Å². The van der Waals surface area contributed by atoms with Crippen LogP contribution in [0.15, 0.2) is 18.2 Å². The Bertz CT molecular complexity index is 395. The van der Waals surface area contributed by atoms with Crippen LogP contribution >= 0.6 is 0 Å². The third-order valence-electron chi connectivity index (χ3n) is 3.42. The summed E-state index contributed by atoms with van der Waals surface area (Å²) in [4.78, 5) is 2.05. The summed E-state index contributed by atoms with van der Waals surface area (Å²) in [5.74, 6) is -1.07. The molecule has 0 spiro atoms. The monoisotopic (exact) mass is 240 g/mol. The molecule has 1 aliphatic rings. The molecule has 1 fully saturated rings. The highest BCUT2D eigenvalue weighted by molar-refractivity contribution is 5.47. The van der Waals surface area contributed by atoms with Gasteiger partial charge in [-0.1, -0.05) is 13.3 Å². The predicted molar refractivity (Wildman–Crippen MR) is 64.9 cm³/mol. The van der Waals surface area contributed by atoms with E-state index in [-0.39, 0.29) is 6.04 Å². The normalized spacial score (nSPS) is 25.1. The van der Waals surface area contributed by atoms with Crippen LogP contribution in [0.4, 0.5) is 14.5 Å². The van der Waals surface area contributed by atoms with Crippen molar-refractivity contribution in [2.45, 2.75) is 25.8 Å². The summed E-state index contributed by atoms with van der Waals surface area (Å²) < 4.78 is 26.0. The van der Waals surface area contributed by atoms with E-state index in [1.165, 1.54) is 12.1 Å². The Labute approximate surface area is 100 Å². The maximum Gasteiger partial charge on any atom is 0.160 e. The minimum atomic E-state index is -0.804. The molecular weight excluding hydrogens is 222 g/mol. The van der Waals surface area contributed by atoms with Crippen LogP contribution in [0.3, 0.4) is 0 Å². The van der Waals surface area contributed by atoms with Crippen LogP contribution in [0, 0.1) is 17.6 Å². The van der Waals surface area contributed by atoms with Crippen molar-refractivity contribution < 1.29 is 8.78 Å². The maximum absolute atomic E-state index is 13.2. The summed E-state index contributed by atoms with van der Waals surface area (Å²) in [7, 11) is 0. The van der Waals surface area contributed by atoms with Crippen molar-refractivity contribution in [1.82, 2.24) is 0 Å². The summed E-state index contributed by atoms with van der Waals surface area (Å²) in [6.45, 7) is 3.71. The number of nitrogens with two attached hydrogens (primary N) is 1. The zero-order valence-electron chi connectivity index (χ0n) is 10.00. The lowest BCUT2D eigenvalue weighted by atomic mass is 9.92. The molecular formula is C13H18F2N2. The van der Waals surface area contributed by atoms with E-state index in [4.69, 9.17) is 5.73 Å². The lowest BCUT2D eigenvalue weighted by Crippen LogP contribution is -2.47. The molecule has 2 atom stereocenters. The Morgan fingerprint density at radius 3 is 2.71 bits per heavy atom. The molecule has 0 saturated carbocycles. The molecule has 0 aliphatic carbocycles. The first-order chi connectivity index (χ1) is 8.10. The van der Waals surface area contributed by atoms with E-state index in [0.29, 0.717) is 12.5 Å². The first kappa shape index (κ1) is 12.3. The quantitative estimate of drug-likeness (QED) is 0.860. The van der Waals surface area contributed by atoms with E-state index in [1.807, 2.05) is 4.90 Å². The molecule has 0 radical (unpaired) electrons. The molecule has 4 heteroatoms. The van der Waals surface area contributed by atoms with Crippen LogP contribution in [0.2, 0.25) is 0 Å². The molecule has 2 rings (SSSR count). The van der Waals surface area contributed by atoms with Crippen molar-refractivity contribution in [2.75, 3.05) is 18.0 Å². The molecule has 0 bridgehead atoms. The zero-order valence-corrected chi connectivity index (χ0v) is 10.00. The van der Waals surface area contributed by atoms with Gasteiger partial charge in [-0.25, -0.2) is 8.78 Å². The van der Waals surface area contributed by atoms with Gasteiger partial charge >= 0.3 is 0 Å². The lowest BCUT2D eigenvalue weighted by molar-refractivity contribution is 0.367. The van der Waals surface area contributed by atoms with Gasteiger partial charge in [0.1, 0.15) is 0 Å². The number of halogens is 2. The van der Waals surface area contributed by atoms with Gasteiger partial charge in [-0.05, 0) is 24.5 Å². The number of hydrogen-bond donors (Lipinski definition) is 1. The largest absolute Gasteiger partial charge is 0.370 e. The third-order valence-corrected chi connectivity index (χ3v) is 3.42. The zero-order chi connectivity index (χ0) is 12.4. The standard InChI is InChI=1S/C13H18F2N2/c1-2-9-5-10(16)8-17(7-9)11-3-4-12(14)13(15)6-11/h3-4,6,9-10H,2,5,7-8,16H2,1H3. The fourth-order valence-electron chi connectivity index (χ4n) is 2.43. The molecule has 0 amide bonds. The fourth-order valence-corrected chi connectivity index (χ4v) is 2.43. The van der Waals surface area contributed by atoms with E-state index in [2.05, 4.69) is 6.92 Å². The van der Waals surface area contributed by atoms with Gasteiger partial charge in [-0.3, -0.25) is 0 Å². The van der Waals surface area contributed by atoms with Gasteiger partial charge in [0.25, 0.3) is 0 Å². The van der Waals surface area contributed by atoms with Gasteiger partial charge in [0.05, 0.1) is 0 Å². The summed E-state index contributed by atoms with van der Waals surface area (Å²) in [6, 6.07) is 4.15. The highest BCUT2D eigenvalue weighted by Crippen LogP contribution is 2.25. The Kier molecular flexibility index (Phi) is 3.62. The summed E-state index contributed by atoms with van der Waals surface area (Å²) in [5.41, 5.74) is 6.71. The summed E-state index contributed by atoms with van der Waals surface area (Å²) in [5, 5.41) is 0. The molecule has 17 heavy (non-hydrogen) atoms. The Balaban J connectivity index is 2.17. The van der Waals surface area contributed by atoms with E-state index in [0.717, 1.165) is 25.1 Å². The molecule has 1 aliphatic heterocycles. The molecule has 2 unspecified atom stereocenters. The molecule has 0 aromatic heterocycles. The number of rotatable bonds is 2. The van der Waals surface area contributed by atoms with Crippen molar-refractivity contribution in [1.29, 1.82) is 0 Å². The van der Waals surface area contributed by atoms with Gasteiger partial charge in [0.2, 0.25) is 0 Å². The predicted octanol–water partition coefficient (Wildman–Crippen LogP) is 2.53. The second-order valence-electron chi connectivity index (χ2n) is 4.77. The number of anilines is 1. The van der Waals surface area contributed by atoms with Crippen molar-refractivity contribution in [3.63, 3.8) is 0 Å². The molecule has 1 aromatic carbocycles. The van der Waals surface area contributed by atoms with Crippen molar-refractivity contribution in [2.24, 2.45) is 11.7 Å². The summed E-state index contributed by atoms with van der Waals surface area (Å²) in [6.07, 6.45) is 2.07. The van der Waals surface area contributed by atoms with Crippen LogP contribution in [0.25, 0.3) is 0 Å². The topological polar surface area (TPSA) is 29.3 Å². The van der Waals surface area contributed by atoms with Crippen LogP contribution in [-0.2, 0) is 0 Å². The molecule has 1 saturated heterocycles. The minimum Gasteiger partial charge on any atom is -0.370 e. The molecule has 1 aromatic rings. The second kappa shape index (κ2) is 5.00. The number of benzene rings is 1. The Morgan fingerprint density at radius 1 is 1.29 bits per heavy atom. The van der Waals surface area contributed by atoms with Crippen LogP contribution < -0.4 is 10.6 Å². The summed E-state index contributed by atoms with van der Waals surface area (Å²) >= 11 is 0. The lowest BCUT2D eigenvalue weighted by Gasteiger charge is -2.37. The average Bonchev–Trinajstić information content (AvgIpc) is 2.32. The SMILES string of the molecule is CCC1CC(N)CN(c2ccc(F)c(F)c2)C1. The van der Waals surface area contributed by atoms with Crippen molar-refractivity contribution >= 4 is 5.69 Å². The second-order valence-corrected chi connectivity index (χ2v) is 4.77. The highest BCUT2D eigenvalue weighted by Gasteiger charge is 2.24. The maximum atomic E-state index is 13.2. The van der Waals surface area contributed by atoms with E-state index in [1.54, 1.807) is 6.07 Å². The number of piperidine rings is 1.